The molecule has 0 heterocycles. The summed E-state index contributed by atoms with van der Waals surface area (Å²) in [6, 6.07) is 8.51. The molecule has 0 amide bonds. The highest BCUT2D eigenvalue weighted by Gasteiger charge is 1.97. The highest BCUT2D eigenvalue weighted by atomic mass is 15.1. The lowest BCUT2D eigenvalue weighted by atomic mass is 10.1. The first-order chi connectivity index (χ1) is 9.11. The fourth-order valence-electron chi connectivity index (χ4n) is 1.74. The molecule has 106 valence electrons. The first kappa shape index (κ1) is 15.5. The number of nitrogens with two attached hydrogens (primary N) is 1. The van der Waals surface area contributed by atoms with Crippen LogP contribution < -0.4 is 11.1 Å². The number of guanidine groups is 1. The fraction of sp³-hybridized carbons (Fsp3) is 0.533. The molecule has 0 aliphatic rings. The molecule has 0 spiro atoms. The summed E-state index contributed by atoms with van der Waals surface area (Å²) in [4.78, 5) is 6.49. The molecule has 1 aromatic carbocycles. The number of benzene rings is 1. The number of nitrogens with one attached hydrogen (secondary N) is 1. The van der Waals surface area contributed by atoms with Crippen molar-refractivity contribution in [1.82, 2.24) is 10.2 Å². The van der Waals surface area contributed by atoms with E-state index in [0.717, 1.165) is 25.9 Å². The summed E-state index contributed by atoms with van der Waals surface area (Å²) in [7, 11) is 4.14. The number of unbranched alkanes of at least 4 members (excludes halogenated alkanes) is 1. The van der Waals surface area contributed by atoms with E-state index in [0.29, 0.717) is 12.5 Å². The Morgan fingerprint density at radius 3 is 2.42 bits per heavy atom. The molecule has 0 aliphatic heterocycles. The van der Waals surface area contributed by atoms with E-state index in [1.54, 1.807) is 0 Å². The molecule has 1 aromatic rings. The molecule has 0 saturated carbocycles. The van der Waals surface area contributed by atoms with Crippen molar-refractivity contribution in [1.29, 1.82) is 0 Å². The highest BCUT2D eigenvalue weighted by molar-refractivity contribution is 5.77. The molecule has 0 unspecified atom stereocenters. The van der Waals surface area contributed by atoms with Crippen molar-refractivity contribution in [3.63, 3.8) is 0 Å². The van der Waals surface area contributed by atoms with Gasteiger partial charge in [0.15, 0.2) is 5.96 Å². The van der Waals surface area contributed by atoms with Gasteiger partial charge in [-0.25, -0.2) is 4.99 Å². The largest absolute Gasteiger partial charge is 0.370 e. The second-order valence-corrected chi connectivity index (χ2v) is 5.04. The van der Waals surface area contributed by atoms with Crippen LogP contribution in [0.3, 0.4) is 0 Å². The van der Waals surface area contributed by atoms with Gasteiger partial charge in [-0.2, -0.15) is 0 Å². The average Bonchev–Trinajstić information content (AvgIpc) is 2.37. The van der Waals surface area contributed by atoms with Crippen LogP contribution in [0.1, 0.15) is 30.9 Å². The zero-order chi connectivity index (χ0) is 14.1. The van der Waals surface area contributed by atoms with Crippen molar-refractivity contribution in [2.24, 2.45) is 10.7 Å². The minimum absolute atomic E-state index is 0.533. The normalized spacial score (nSPS) is 11.9. The maximum atomic E-state index is 5.79. The van der Waals surface area contributed by atoms with Crippen molar-refractivity contribution in [2.75, 3.05) is 20.6 Å². The zero-order valence-electron chi connectivity index (χ0n) is 12.3. The van der Waals surface area contributed by atoms with Crippen LogP contribution in [0.5, 0.6) is 0 Å². The van der Waals surface area contributed by atoms with E-state index < -0.39 is 0 Å². The standard InChI is InChI=1S/C15H26N4/c1-4-5-10-17-15(16)18-11-13-6-8-14(9-7-13)12-19(2)3/h6-9H,4-5,10-12H2,1-3H3,(H3,16,17,18). The Morgan fingerprint density at radius 2 is 1.84 bits per heavy atom. The van der Waals surface area contributed by atoms with Gasteiger partial charge < -0.3 is 16.0 Å². The van der Waals surface area contributed by atoms with E-state index in [2.05, 4.69) is 60.5 Å². The van der Waals surface area contributed by atoms with E-state index in [4.69, 9.17) is 5.73 Å². The lowest BCUT2D eigenvalue weighted by Gasteiger charge is -2.09. The van der Waals surface area contributed by atoms with E-state index >= 15 is 0 Å². The summed E-state index contributed by atoms with van der Waals surface area (Å²) >= 11 is 0. The average molecular weight is 262 g/mol. The summed E-state index contributed by atoms with van der Waals surface area (Å²) in [5.74, 6) is 0.533. The molecule has 3 N–H and O–H groups in total. The van der Waals surface area contributed by atoms with Crippen LogP contribution in [0.2, 0.25) is 0 Å². The van der Waals surface area contributed by atoms with E-state index in [-0.39, 0.29) is 0 Å². The third-order valence-electron chi connectivity index (χ3n) is 2.79. The van der Waals surface area contributed by atoms with Crippen LogP contribution in [0.4, 0.5) is 0 Å². The lowest BCUT2D eigenvalue weighted by Crippen LogP contribution is -2.32. The van der Waals surface area contributed by atoms with Crippen molar-refractivity contribution in [3.8, 4) is 0 Å². The quantitative estimate of drug-likeness (QED) is 0.449. The van der Waals surface area contributed by atoms with Crippen molar-refractivity contribution < 1.29 is 0 Å². The summed E-state index contributed by atoms with van der Waals surface area (Å²) < 4.78 is 0. The second-order valence-electron chi connectivity index (χ2n) is 5.04. The van der Waals surface area contributed by atoms with Gasteiger partial charge in [0.1, 0.15) is 0 Å². The molecule has 1 rings (SSSR count). The smallest absolute Gasteiger partial charge is 0.188 e. The van der Waals surface area contributed by atoms with Crippen LogP contribution in [-0.4, -0.2) is 31.5 Å². The molecule has 0 atom stereocenters. The Kier molecular flexibility index (Phi) is 6.97. The SMILES string of the molecule is CCCCNC(N)=NCc1ccc(CN(C)C)cc1. The monoisotopic (exact) mass is 262 g/mol. The Hall–Kier alpha value is -1.55. The number of hydrogen-bond donors (Lipinski definition) is 2. The van der Waals surface area contributed by atoms with E-state index in [1.165, 1.54) is 11.1 Å². The van der Waals surface area contributed by atoms with E-state index in [9.17, 15) is 0 Å². The Labute approximate surface area is 116 Å². The van der Waals surface area contributed by atoms with Gasteiger partial charge in [0.25, 0.3) is 0 Å². The Balaban J connectivity index is 2.42. The number of rotatable bonds is 7. The number of aliphatic imine (C=N–C) groups is 1. The number of hydrogen-bond acceptors (Lipinski definition) is 2. The molecule has 0 saturated heterocycles. The second kappa shape index (κ2) is 8.53. The van der Waals surface area contributed by atoms with Gasteiger partial charge in [-0.15, -0.1) is 0 Å². The van der Waals surface area contributed by atoms with Crippen molar-refractivity contribution >= 4 is 5.96 Å². The van der Waals surface area contributed by atoms with Gasteiger partial charge in [-0.05, 0) is 31.6 Å². The number of nitrogens with zero attached hydrogens (tertiary/aromatic N) is 2. The third kappa shape index (κ3) is 6.82. The van der Waals surface area contributed by atoms with Gasteiger partial charge in [-0.3, -0.25) is 0 Å². The summed E-state index contributed by atoms with van der Waals surface area (Å²) in [6.07, 6.45) is 2.28. The molecule has 0 aliphatic carbocycles. The van der Waals surface area contributed by atoms with Crippen LogP contribution in [0, 0.1) is 0 Å². The predicted molar refractivity (Wildman–Crippen MR) is 82.1 cm³/mol. The zero-order valence-corrected chi connectivity index (χ0v) is 12.3. The summed E-state index contributed by atoms with van der Waals surface area (Å²) in [5.41, 5.74) is 8.29. The van der Waals surface area contributed by atoms with Crippen LogP contribution in [0.15, 0.2) is 29.3 Å². The molecule has 4 nitrogen and oxygen atoms in total. The maximum Gasteiger partial charge on any atom is 0.188 e. The highest BCUT2D eigenvalue weighted by Crippen LogP contribution is 2.07. The summed E-state index contributed by atoms with van der Waals surface area (Å²) in [5, 5.41) is 3.11. The van der Waals surface area contributed by atoms with Gasteiger partial charge in [-0.1, -0.05) is 37.6 Å². The Morgan fingerprint density at radius 1 is 1.21 bits per heavy atom. The first-order valence-corrected chi connectivity index (χ1v) is 6.88. The molecule has 0 radical (unpaired) electrons. The van der Waals surface area contributed by atoms with Gasteiger partial charge in [0.05, 0.1) is 6.54 Å². The van der Waals surface area contributed by atoms with Gasteiger partial charge >= 0.3 is 0 Å². The molecular weight excluding hydrogens is 236 g/mol. The van der Waals surface area contributed by atoms with Crippen LogP contribution >= 0.6 is 0 Å². The minimum Gasteiger partial charge on any atom is -0.370 e. The first-order valence-electron chi connectivity index (χ1n) is 6.88. The van der Waals surface area contributed by atoms with Crippen molar-refractivity contribution in [2.45, 2.75) is 32.9 Å². The topological polar surface area (TPSA) is 53.6 Å². The fourth-order valence-corrected chi connectivity index (χ4v) is 1.74. The Bertz CT molecular complexity index is 382. The molecular formula is C15H26N4. The minimum atomic E-state index is 0.533. The van der Waals surface area contributed by atoms with Crippen molar-refractivity contribution in [3.05, 3.63) is 35.4 Å². The van der Waals surface area contributed by atoms with Crippen LogP contribution in [0.25, 0.3) is 0 Å². The lowest BCUT2D eigenvalue weighted by molar-refractivity contribution is 0.402. The molecule has 0 aromatic heterocycles. The molecule has 0 fully saturated rings. The van der Waals surface area contributed by atoms with Gasteiger partial charge in [0.2, 0.25) is 0 Å². The predicted octanol–water partition coefficient (Wildman–Crippen LogP) is 1.95. The molecule has 4 heteroatoms. The van der Waals surface area contributed by atoms with E-state index in [1.807, 2.05) is 0 Å². The third-order valence-corrected chi connectivity index (χ3v) is 2.79. The molecule has 0 bridgehead atoms. The maximum absolute atomic E-state index is 5.79. The van der Waals surface area contributed by atoms with Gasteiger partial charge in [0, 0.05) is 13.1 Å². The summed E-state index contributed by atoms with van der Waals surface area (Å²) in [6.45, 7) is 4.65. The molecule has 19 heavy (non-hydrogen) atoms. The van der Waals surface area contributed by atoms with Crippen LogP contribution in [-0.2, 0) is 13.1 Å².